The molecule has 0 saturated carbocycles. The van der Waals surface area contributed by atoms with Crippen LogP contribution in [0.4, 0.5) is 0 Å². The molecule has 0 radical (unpaired) electrons. The molecule has 19 heavy (non-hydrogen) atoms. The minimum Gasteiger partial charge on any atom is -0.496 e. The normalized spacial score (nSPS) is 20.7. The van der Waals surface area contributed by atoms with Crippen LogP contribution in [0.5, 0.6) is 5.75 Å². The van der Waals surface area contributed by atoms with Crippen molar-refractivity contribution in [3.05, 3.63) is 23.3 Å². The molecule has 1 atom stereocenters. The Hall–Kier alpha value is -0.720. The Balaban J connectivity index is 2.49. The first-order chi connectivity index (χ1) is 8.87. The van der Waals surface area contributed by atoms with Crippen molar-refractivity contribution >= 4 is 21.8 Å². The SMILES string of the molecule is COc1cc(C)c(S(=O)(=O)N2CCSC2C)cc1C. The van der Waals surface area contributed by atoms with E-state index < -0.39 is 10.0 Å². The lowest BCUT2D eigenvalue weighted by Gasteiger charge is -2.22. The van der Waals surface area contributed by atoms with Gasteiger partial charge in [-0.05, 0) is 44.0 Å². The highest BCUT2D eigenvalue weighted by Gasteiger charge is 2.34. The van der Waals surface area contributed by atoms with E-state index in [0.29, 0.717) is 11.4 Å². The van der Waals surface area contributed by atoms with Crippen LogP contribution in [0.3, 0.4) is 0 Å². The predicted molar refractivity (Wildman–Crippen MR) is 78.3 cm³/mol. The predicted octanol–water partition coefficient (Wildman–Crippen LogP) is 2.40. The van der Waals surface area contributed by atoms with Gasteiger partial charge in [-0.2, -0.15) is 4.31 Å². The summed E-state index contributed by atoms with van der Waals surface area (Å²) in [5, 5.41) is 0.00630. The first kappa shape index (κ1) is 14.7. The second-order valence-corrected chi connectivity index (χ2v) is 7.96. The molecule has 1 fully saturated rings. The van der Waals surface area contributed by atoms with Crippen molar-refractivity contribution in [3.8, 4) is 5.75 Å². The molecule has 1 aliphatic heterocycles. The zero-order valence-electron chi connectivity index (χ0n) is 11.6. The van der Waals surface area contributed by atoms with E-state index in [9.17, 15) is 8.42 Å². The molecular formula is C13H19NO3S2. The van der Waals surface area contributed by atoms with Crippen molar-refractivity contribution in [2.75, 3.05) is 19.4 Å². The highest BCUT2D eigenvalue weighted by Crippen LogP contribution is 2.33. The van der Waals surface area contributed by atoms with Gasteiger partial charge in [0.2, 0.25) is 10.0 Å². The molecule has 0 aromatic heterocycles. The molecule has 0 spiro atoms. The number of thioether (sulfide) groups is 1. The van der Waals surface area contributed by atoms with Gasteiger partial charge in [-0.25, -0.2) is 8.42 Å². The molecule has 106 valence electrons. The fraction of sp³-hybridized carbons (Fsp3) is 0.538. The smallest absolute Gasteiger partial charge is 0.244 e. The van der Waals surface area contributed by atoms with Crippen LogP contribution < -0.4 is 4.74 Å². The second kappa shape index (κ2) is 5.34. The summed E-state index contributed by atoms with van der Waals surface area (Å²) in [6.45, 7) is 6.18. The molecule has 0 aliphatic carbocycles. The molecule has 6 heteroatoms. The van der Waals surface area contributed by atoms with Crippen LogP contribution in [0.15, 0.2) is 17.0 Å². The number of ether oxygens (including phenoxy) is 1. The van der Waals surface area contributed by atoms with Crippen molar-refractivity contribution in [1.82, 2.24) is 4.31 Å². The summed E-state index contributed by atoms with van der Waals surface area (Å²) in [6.07, 6.45) is 0. The molecule has 1 aromatic rings. The summed E-state index contributed by atoms with van der Waals surface area (Å²) >= 11 is 1.67. The average Bonchev–Trinajstić information content (AvgIpc) is 2.78. The van der Waals surface area contributed by atoms with Crippen molar-refractivity contribution in [1.29, 1.82) is 0 Å². The maximum atomic E-state index is 12.7. The molecule has 0 bridgehead atoms. The fourth-order valence-corrected chi connectivity index (χ4v) is 5.60. The van der Waals surface area contributed by atoms with Gasteiger partial charge in [-0.15, -0.1) is 11.8 Å². The third kappa shape index (κ3) is 2.61. The Kier molecular flexibility index (Phi) is 4.13. The van der Waals surface area contributed by atoms with Gasteiger partial charge in [-0.3, -0.25) is 0 Å². The maximum Gasteiger partial charge on any atom is 0.244 e. The Morgan fingerprint density at radius 2 is 2.00 bits per heavy atom. The summed E-state index contributed by atoms with van der Waals surface area (Å²) in [6, 6.07) is 3.50. The number of hydrogen-bond donors (Lipinski definition) is 0. The van der Waals surface area contributed by atoms with Crippen LogP contribution in [-0.2, 0) is 10.0 Å². The van der Waals surface area contributed by atoms with Crippen LogP contribution in [0.2, 0.25) is 0 Å². The Labute approximate surface area is 119 Å². The number of aryl methyl sites for hydroxylation is 2. The number of methoxy groups -OCH3 is 1. The standard InChI is InChI=1S/C13H19NO3S2/c1-9-8-13(10(2)7-12(9)17-4)19(15,16)14-5-6-18-11(14)3/h7-8,11H,5-6H2,1-4H3. The largest absolute Gasteiger partial charge is 0.496 e. The van der Waals surface area contributed by atoms with E-state index in [1.54, 1.807) is 35.3 Å². The minimum absolute atomic E-state index is 0.00630. The summed E-state index contributed by atoms with van der Waals surface area (Å²) in [4.78, 5) is 0.389. The highest BCUT2D eigenvalue weighted by molar-refractivity contribution is 8.01. The summed E-state index contributed by atoms with van der Waals surface area (Å²) in [7, 11) is -1.82. The Morgan fingerprint density at radius 1 is 1.32 bits per heavy atom. The van der Waals surface area contributed by atoms with Gasteiger partial charge in [0.15, 0.2) is 0 Å². The summed E-state index contributed by atoms with van der Waals surface area (Å²) in [5.74, 6) is 1.58. The molecule has 1 saturated heterocycles. The summed E-state index contributed by atoms with van der Waals surface area (Å²) < 4.78 is 32.2. The van der Waals surface area contributed by atoms with Crippen LogP contribution in [-0.4, -0.2) is 37.5 Å². The average molecular weight is 301 g/mol. The molecule has 2 rings (SSSR count). The number of sulfonamides is 1. The van der Waals surface area contributed by atoms with E-state index in [0.717, 1.165) is 22.6 Å². The third-order valence-electron chi connectivity index (χ3n) is 3.36. The second-order valence-electron chi connectivity index (χ2n) is 4.67. The van der Waals surface area contributed by atoms with E-state index in [2.05, 4.69) is 0 Å². The number of nitrogens with zero attached hydrogens (tertiary/aromatic N) is 1. The lowest BCUT2D eigenvalue weighted by atomic mass is 10.1. The van der Waals surface area contributed by atoms with E-state index in [4.69, 9.17) is 4.74 Å². The molecule has 1 aromatic carbocycles. The Bertz CT molecular complexity index is 584. The summed E-state index contributed by atoms with van der Waals surface area (Å²) in [5.41, 5.74) is 1.57. The third-order valence-corrected chi connectivity index (χ3v) is 6.76. The van der Waals surface area contributed by atoms with Crippen molar-refractivity contribution in [2.45, 2.75) is 31.0 Å². The van der Waals surface area contributed by atoms with E-state index in [-0.39, 0.29) is 5.37 Å². The van der Waals surface area contributed by atoms with Crippen LogP contribution in [0.25, 0.3) is 0 Å². The van der Waals surface area contributed by atoms with E-state index in [1.807, 2.05) is 20.8 Å². The van der Waals surface area contributed by atoms with Gasteiger partial charge in [-0.1, -0.05) is 0 Å². The topological polar surface area (TPSA) is 46.6 Å². The van der Waals surface area contributed by atoms with Crippen molar-refractivity contribution in [2.24, 2.45) is 0 Å². The first-order valence-electron chi connectivity index (χ1n) is 6.16. The van der Waals surface area contributed by atoms with Crippen molar-refractivity contribution in [3.63, 3.8) is 0 Å². The zero-order valence-corrected chi connectivity index (χ0v) is 13.3. The lowest BCUT2D eigenvalue weighted by molar-refractivity contribution is 0.410. The zero-order chi connectivity index (χ0) is 14.2. The highest BCUT2D eigenvalue weighted by atomic mass is 32.2. The monoisotopic (exact) mass is 301 g/mol. The molecule has 0 amide bonds. The maximum absolute atomic E-state index is 12.7. The minimum atomic E-state index is -3.41. The lowest BCUT2D eigenvalue weighted by Crippen LogP contribution is -2.33. The molecule has 1 unspecified atom stereocenters. The van der Waals surface area contributed by atoms with Gasteiger partial charge in [0.1, 0.15) is 5.75 Å². The van der Waals surface area contributed by atoms with Gasteiger partial charge in [0.25, 0.3) is 0 Å². The molecule has 1 aliphatic rings. The van der Waals surface area contributed by atoms with Gasteiger partial charge in [0, 0.05) is 12.3 Å². The van der Waals surface area contributed by atoms with Crippen LogP contribution in [0, 0.1) is 13.8 Å². The molecule has 0 N–H and O–H groups in total. The number of hydrogen-bond acceptors (Lipinski definition) is 4. The fourth-order valence-electron chi connectivity index (χ4n) is 2.28. The molecular weight excluding hydrogens is 282 g/mol. The quantitative estimate of drug-likeness (QED) is 0.860. The number of benzene rings is 1. The van der Waals surface area contributed by atoms with E-state index in [1.165, 1.54) is 0 Å². The van der Waals surface area contributed by atoms with Crippen LogP contribution in [0.1, 0.15) is 18.1 Å². The molecule has 4 nitrogen and oxygen atoms in total. The first-order valence-corrected chi connectivity index (χ1v) is 8.65. The van der Waals surface area contributed by atoms with Crippen molar-refractivity contribution < 1.29 is 13.2 Å². The number of rotatable bonds is 3. The van der Waals surface area contributed by atoms with E-state index >= 15 is 0 Å². The van der Waals surface area contributed by atoms with Gasteiger partial charge in [0.05, 0.1) is 17.4 Å². The Morgan fingerprint density at radius 3 is 2.53 bits per heavy atom. The van der Waals surface area contributed by atoms with Gasteiger partial charge < -0.3 is 4.74 Å². The molecule has 1 heterocycles. The van der Waals surface area contributed by atoms with Crippen LogP contribution >= 0.6 is 11.8 Å². The van der Waals surface area contributed by atoms with Gasteiger partial charge >= 0.3 is 0 Å².